The van der Waals surface area contributed by atoms with Gasteiger partial charge in [-0.2, -0.15) is 5.26 Å². The summed E-state index contributed by atoms with van der Waals surface area (Å²) in [5, 5.41) is 11.1. The molecular formula is C18H15NO3. The van der Waals surface area contributed by atoms with Crippen LogP contribution in [0.15, 0.2) is 54.6 Å². The van der Waals surface area contributed by atoms with Gasteiger partial charge in [0.15, 0.2) is 0 Å². The molecule has 0 N–H and O–H groups in total. The molecule has 0 fully saturated rings. The summed E-state index contributed by atoms with van der Waals surface area (Å²) in [7, 11) is 1.55. The molecule has 0 spiro atoms. The molecule has 22 heavy (non-hydrogen) atoms. The Morgan fingerprint density at radius 3 is 2.77 bits per heavy atom. The zero-order chi connectivity index (χ0) is 15.9. The molecular weight excluding hydrogens is 278 g/mol. The summed E-state index contributed by atoms with van der Waals surface area (Å²) in [6, 6.07) is 13.3. The molecule has 0 atom stereocenters. The standard InChI is InChI=1S/C18H15NO3/c1-3-10-22-18(20)14(12-19)11-16-15-7-5-4-6-13(15)8-9-17(16)21-2/h3-9,11H,1,10H2,2H3/b14-11+. The number of fused-ring (bicyclic) bond motifs is 1. The lowest BCUT2D eigenvalue weighted by atomic mass is 10.0. The molecule has 4 heteroatoms. The van der Waals surface area contributed by atoms with Gasteiger partial charge in [0.2, 0.25) is 0 Å². The molecule has 0 aliphatic heterocycles. The van der Waals surface area contributed by atoms with Crippen molar-refractivity contribution in [2.45, 2.75) is 0 Å². The van der Waals surface area contributed by atoms with Crippen LogP contribution in [0.4, 0.5) is 0 Å². The number of esters is 1. The minimum Gasteiger partial charge on any atom is -0.496 e. The second kappa shape index (κ2) is 7.09. The van der Waals surface area contributed by atoms with E-state index < -0.39 is 5.97 Å². The number of methoxy groups -OCH3 is 1. The van der Waals surface area contributed by atoms with Crippen LogP contribution in [0.1, 0.15) is 5.56 Å². The Kier molecular flexibility index (Phi) is 4.94. The van der Waals surface area contributed by atoms with Crippen LogP contribution >= 0.6 is 0 Å². The van der Waals surface area contributed by atoms with Crippen molar-refractivity contribution in [2.24, 2.45) is 0 Å². The molecule has 0 radical (unpaired) electrons. The fourth-order valence-corrected chi connectivity index (χ4v) is 2.10. The molecule has 0 saturated heterocycles. The fourth-order valence-electron chi connectivity index (χ4n) is 2.10. The maximum absolute atomic E-state index is 11.9. The summed E-state index contributed by atoms with van der Waals surface area (Å²) in [4.78, 5) is 11.9. The first kappa shape index (κ1) is 15.3. The highest BCUT2D eigenvalue weighted by atomic mass is 16.5. The summed E-state index contributed by atoms with van der Waals surface area (Å²) >= 11 is 0. The topological polar surface area (TPSA) is 59.3 Å². The van der Waals surface area contributed by atoms with Crippen LogP contribution in [0, 0.1) is 11.3 Å². The van der Waals surface area contributed by atoms with E-state index in [1.165, 1.54) is 12.2 Å². The zero-order valence-corrected chi connectivity index (χ0v) is 12.2. The molecule has 2 aromatic carbocycles. The van der Waals surface area contributed by atoms with Crippen LogP contribution in [-0.2, 0) is 9.53 Å². The number of benzene rings is 2. The van der Waals surface area contributed by atoms with Crippen molar-refractivity contribution in [3.8, 4) is 11.8 Å². The summed E-state index contributed by atoms with van der Waals surface area (Å²) in [6.07, 6.45) is 2.94. The van der Waals surface area contributed by atoms with Crippen molar-refractivity contribution < 1.29 is 14.3 Å². The maximum atomic E-state index is 11.9. The fraction of sp³-hybridized carbons (Fsp3) is 0.111. The van der Waals surface area contributed by atoms with E-state index in [9.17, 15) is 10.1 Å². The van der Waals surface area contributed by atoms with Crippen molar-refractivity contribution in [1.82, 2.24) is 0 Å². The summed E-state index contributed by atoms with van der Waals surface area (Å²) in [6.45, 7) is 3.53. The monoisotopic (exact) mass is 293 g/mol. The lowest BCUT2D eigenvalue weighted by Gasteiger charge is -2.09. The van der Waals surface area contributed by atoms with E-state index in [2.05, 4.69) is 6.58 Å². The van der Waals surface area contributed by atoms with E-state index in [0.29, 0.717) is 11.3 Å². The highest BCUT2D eigenvalue weighted by molar-refractivity contribution is 6.02. The first-order chi connectivity index (χ1) is 10.7. The average Bonchev–Trinajstić information content (AvgIpc) is 2.57. The van der Waals surface area contributed by atoms with Crippen LogP contribution in [0.25, 0.3) is 16.8 Å². The quantitative estimate of drug-likeness (QED) is 0.366. The predicted molar refractivity (Wildman–Crippen MR) is 85.2 cm³/mol. The van der Waals surface area contributed by atoms with Crippen LogP contribution in [0.5, 0.6) is 5.75 Å². The van der Waals surface area contributed by atoms with Gasteiger partial charge in [0.1, 0.15) is 24.0 Å². The number of nitriles is 1. The van der Waals surface area contributed by atoms with E-state index >= 15 is 0 Å². The van der Waals surface area contributed by atoms with Crippen LogP contribution in [-0.4, -0.2) is 19.7 Å². The van der Waals surface area contributed by atoms with E-state index in [1.807, 2.05) is 36.4 Å². The zero-order valence-electron chi connectivity index (χ0n) is 12.2. The summed E-state index contributed by atoms with van der Waals surface area (Å²) in [5.74, 6) is -0.0969. The molecule has 0 bridgehead atoms. The molecule has 4 nitrogen and oxygen atoms in total. The molecule has 110 valence electrons. The van der Waals surface area contributed by atoms with Gasteiger partial charge in [0.25, 0.3) is 0 Å². The van der Waals surface area contributed by atoms with Crippen LogP contribution in [0.2, 0.25) is 0 Å². The maximum Gasteiger partial charge on any atom is 0.349 e. The number of ether oxygens (including phenoxy) is 2. The molecule has 0 amide bonds. The van der Waals surface area contributed by atoms with Gasteiger partial charge in [-0.05, 0) is 22.9 Å². The number of carbonyl (C=O) groups is 1. The molecule has 0 heterocycles. The lowest BCUT2D eigenvalue weighted by Crippen LogP contribution is -2.06. The van der Waals surface area contributed by atoms with Crippen LogP contribution < -0.4 is 4.74 Å². The third kappa shape index (κ3) is 3.15. The Hall–Kier alpha value is -3.06. The summed E-state index contributed by atoms with van der Waals surface area (Å²) in [5.41, 5.74) is 0.587. The molecule has 0 unspecified atom stereocenters. The van der Waals surface area contributed by atoms with Gasteiger partial charge in [-0.3, -0.25) is 0 Å². The highest BCUT2D eigenvalue weighted by Gasteiger charge is 2.13. The SMILES string of the molecule is C=CCOC(=O)/C(C#N)=C/c1c(OC)ccc2ccccc12. The minimum absolute atomic E-state index is 0.0600. The lowest BCUT2D eigenvalue weighted by molar-refractivity contribution is -0.137. The first-order valence-electron chi connectivity index (χ1n) is 6.66. The normalized spacial score (nSPS) is 10.8. The minimum atomic E-state index is -0.683. The molecule has 2 aromatic rings. The second-order valence-corrected chi connectivity index (χ2v) is 4.46. The van der Waals surface area contributed by atoms with Gasteiger partial charge in [-0.25, -0.2) is 4.79 Å². The number of hydrogen-bond donors (Lipinski definition) is 0. The van der Waals surface area contributed by atoms with E-state index in [1.54, 1.807) is 13.2 Å². The molecule has 0 aliphatic carbocycles. The van der Waals surface area contributed by atoms with Crippen molar-refractivity contribution in [3.63, 3.8) is 0 Å². The van der Waals surface area contributed by atoms with Gasteiger partial charge in [-0.15, -0.1) is 0 Å². The van der Waals surface area contributed by atoms with Gasteiger partial charge in [0.05, 0.1) is 7.11 Å². The Morgan fingerprint density at radius 2 is 2.09 bits per heavy atom. The van der Waals surface area contributed by atoms with E-state index in [0.717, 1.165) is 10.8 Å². The van der Waals surface area contributed by atoms with Crippen molar-refractivity contribution in [3.05, 3.63) is 60.2 Å². The van der Waals surface area contributed by atoms with E-state index in [4.69, 9.17) is 9.47 Å². The third-order valence-electron chi connectivity index (χ3n) is 3.11. The van der Waals surface area contributed by atoms with Gasteiger partial charge in [0, 0.05) is 5.56 Å². The number of hydrogen-bond acceptors (Lipinski definition) is 4. The van der Waals surface area contributed by atoms with Gasteiger partial charge in [-0.1, -0.05) is 43.0 Å². The third-order valence-corrected chi connectivity index (χ3v) is 3.11. The van der Waals surface area contributed by atoms with E-state index in [-0.39, 0.29) is 12.2 Å². The smallest absolute Gasteiger partial charge is 0.349 e. The Balaban J connectivity index is 2.57. The molecule has 0 saturated carbocycles. The molecule has 0 aromatic heterocycles. The molecule has 0 aliphatic rings. The highest BCUT2D eigenvalue weighted by Crippen LogP contribution is 2.30. The number of nitrogens with zero attached hydrogens (tertiary/aromatic N) is 1. The summed E-state index contributed by atoms with van der Waals surface area (Å²) < 4.78 is 10.3. The van der Waals surface area contributed by atoms with Crippen molar-refractivity contribution in [1.29, 1.82) is 5.26 Å². The number of carbonyl (C=O) groups excluding carboxylic acids is 1. The van der Waals surface area contributed by atoms with Gasteiger partial charge < -0.3 is 9.47 Å². The van der Waals surface area contributed by atoms with Crippen molar-refractivity contribution >= 4 is 22.8 Å². The van der Waals surface area contributed by atoms with Crippen LogP contribution in [0.3, 0.4) is 0 Å². The Morgan fingerprint density at radius 1 is 1.32 bits per heavy atom. The predicted octanol–water partition coefficient (Wildman–Crippen LogP) is 3.48. The van der Waals surface area contributed by atoms with Gasteiger partial charge >= 0.3 is 5.97 Å². The molecule has 2 rings (SSSR count). The van der Waals surface area contributed by atoms with Crippen molar-refractivity contribution in [2.75, 3.05) is 13.7 Å². The largest absolute Gasteiger partial charge is 0.496 e. The Labute approximate surface area is 128 Å². The second-order valence-electron chi connectivity index (χ2n) is 4.46. The number of rotatable bonds is 5. The Bertz CT molecular complexity index is 785. The average molecular weight is 293 g/mol. The first-order valence-corrected chi connectivity index (χ1v) is 6.66.